The summed E-state index contributed by atoms with van der Waals surface area (Å²) in [5.41, 5.74) is 0. The third kappa shape index (κ3) is 3.31. The highest BCUT2D eigenvalue weighted by atomic mass is 28.4. The number of rotatable bonds is 7. The molecule has 18 heavy (non-hydrogen) atoms. The highest BCUT2D eigenvalue weighted by Crippen LogP contribution is 2.30. The van der Waals surface area contributed by atoms with Gasteiger partial charge < -0.3 is 13.6 Å². The monoisotopic (exact) mass is 275 g/mol. The largest absolute Gasteiger partial charge is 0.465 e. The first kappa shape index (κ1) is 15.6. The van der Waals surface area contributed by atoms with E-state index in [2.05, 4.69) is 4.57 Å². The number of esters is 1. The molecule has 0 aromatic carbocycles. The molecule has 0 amide bonds. The van der Waals surface area contributed by atoms with Gasteiger partial charge in [-0.1, -0.05) is 0 Å². The molecule has 106 valence electrons. The van der Waals surface area contributed by atoms with Crippen molar-refractivity contribution in [2.45, 2.75) is 46.2 Å². The Balaban J connectivity index is 2.80. The van der Waals surface area contributed by atoms with Crippen molar-refractivity contribution in [3.63, 3.8) is 0 Å². The van der Waals surface area contributed by atoms with Gasteiger partial charge in [0.2, 0.25) is 0 Å². The van der Waals surface area contributed by atoms with E-state index in [4.69, 9.17) is 13.6 Å². The smallest absolute Gasteiger partial charge is 0.428 e. The molecule has 1 aliphatic heterocycles. The fourth-order valence-corrected chi connectivity index (χ4v) is 6.16. The minimum absolute atomic E-state index is 0.185. The molecule has 6 heteroatoms. The molecule has 1 aliphatic rings. The van der Waals surface area contributed by atoms with Gasteiger partial charge in [-0.05, 0) is 40.7 Å². The number of ether oxygens (including phenoxy) is 1. The Kier molecular flexibility index (Phi) is 6.27. The Morgan fingerprint density at radius 1 is 1.22 bits per heavy atom. The Hall–Kier alpha value is -0.433. The van der Waals surface area contributed by atoms with Crippen molar-refractivity contribution in [1.82, 2.24) is 4.57 Å². The van der Waals surface area contributed by atoms with Crippen LogP contribution in [-0.2, 0) is 18.4 Å². The van der Waals surface area contributed by atoms with Gasteiger partial charge in [-0.2, -0.15) is 0 Å². The lowest BCUT2D eigenvalue weighted by Crippen LogP contribution is -2.59. The maximum atomic E-state index is 11.9. The molecule has 0 N–H and O–H groups in total. The lowest BCUT2D eigenvalue weighted by atomic mass is 10.3. The van der Waals surface area contributed by atoms with Crippen molar-refractivity contribution in [2.75, 3.05) is 26.4 Å². The molecule has 1 heterocycles. The third-order valence-corrected chi connectivity index (χ3v) is 7.12. The van der Waals surface area contributed by atoms with Crippen LogP contribution in [-0.4, -0.2) is 51.7 Å². The summed E-state index contributed by atoms with van der Waals surface area (Å²) in [5, 5.41) is 0. The quantitative estimate of drug-likeness (QED) is 0.522. The third-order valence-electron chi connectivity index (χ3n) is 3.16. The van der Waals surface area contributed by atoms with E-state index in [-0.39, 0.29) is 12.0 Å². The summed E-state index contributed by atoms with van der Waals surface area (Å²) < 4.78 is 19.1. The zero-order valence-electron chi connectivity index (χ0n) is 11.9. The first-order valence-electron chi connectivity index (χ1n) is 6.82. The number of carbonyl (C=O) groups excluding carboxylic acids is 1. The van der Waals surface area contributed by atoms with Gasteiger partial charge in [-0.25, -0.2) is 0 Å². The number of hydrogen-bond acceptors (Lipinski definition) is 5. The molecule has 0 aromatic heterocycles. The van der Waals surface area contributed by atoms with Gasteiger partial charge in [-0.15, -0.1) is 0 Å². The Bertz CT molecular complexity index is 269. The van der Waals surface area contributed by atoms with E-state index >= 15 is 0 Å². The molecule has 0 spiro atoms. The zero-order chi connectivity index (χ0) is 13.6. The Labute approximate surface area is 111 Å². The summed E-state index contributed by atoms with van der Waals surface area (Å²) in [6.45, 7) is 10.2. The van der Waals surface area contributed by atoms with Crippen LogP contribution in [0.1, 0.15) is 34.1 Å². The summed E-state index contributed by atoms with van der Waals surface area (Å²) in [4.78, 5) is 11.9. The highest BCUT2D eigenvalue weighted by molar-refractivity contribution is 6.65. The second-order valence-electron chi connectivity index (χ2n) is 4.30. The van der Waals surface area contributed by atoms with Crippen molar-refractivity contribution in [3.05, 3.63) is 0 Å². The van der Waals surface area contributed by atoms with Gasteiger partial charge in [0.05, 0.1) is 6.61 Å². The zero-order valence-corrected chi connectivity index (χ0v) is 12.9. The molecule has 0 saturated carbocycles. The average Bonchev–Trinajstić information content (AvgIpc) is 2.73. The fraction of sp³-hybridized carbons (Fsp3) is 0.917. The molecule has 5 nitrogen and oxygen atoms in total. The number of carbonyl (C=O) groups is 1. The van der Waals surface area contributed by atoms with Crippen molar-refractivity contribution in [3.8, 4) is 0 Å². The van der Waals surface area contributed by atoms with Crippen LogP contribution in [0.3, 0.4) is 0 Å². The Morgan fingerprint density at radius 2 is 1.83 bits per heavy atom. The van der Waals surface area contributed by atoms with Gasteiger partial charge in [0, 0.05) is 19.3 Å². The molecule has 0 aromatic rings. The van der Waals surface area contributed by atoms with E-state index in [1.54, 1.807) is 0 Å². The molecule has 1 atom stereocenters. The topological polar surface area (TPSA) is 48.0 Å². The minimum atomic E-state index is -2.38. The van der Waals surface area contributed by atoms with Crippen LogP contribution in [0, 0.1) is 0 Å². The van der Waals surface area contributed by atoms with Crippen molar-refractivity contribution >= 4 is 14.7 Å². The van der Waals surface area contributed by atoms with E-state index in [0.29, 0.717) is 19.8 Å². The van der Waals surface area contributed by atoms with E-state index in [1.807, 2.05) is 27.7 Å². The SMILES string of the molecule is CCOC(=O)C(C)N1CCC[Si]1(OCC)OCC. The van der Waals surface area contributed by atoms with E-state index < -0.39 is 8.72 Å². The van der Waals surface area contributed by atoms with E-state index in [1.165, 1.54) is 0 Å². The van der Waals surface area contributed by atoms with Gasteiger partial charge in [0.1, 0.15) is 6.04 Å². The maximum absolute atomic E-state index is 11.9. The van der Waals surface area contributed by atoms with Gasteiger partial charge >= 0.3 is 14.7 Å². The second-order valence-corrected chi connectivity index (χ2v) is 7.38. The predicted octanol–water partition coefficient (Wildman–Crippen LogP) is 1.66. The maximum Gasteiger partial charge on any atom is 0.428 e. The first-order valence-corrected chi connectivity index (χ1v) is 8.79. The van der Waals surface area contributed by atoms with Crippen LogP contribution < -0.4 is 0 Å². The normalized spacial score (nSPS) is 20.9. The number of hydrogen-bond donors (Lipinski definition) is 0. The molecule has 1 saturated heterocycles. The van der Waals surface area contributed by atoms with Crippen LogP contribution in [0.25, 0.3) is 0 Å². The lowest BCUT2D eigenvalue weighted by Gasteiger charge is -2.36. The fourth-order valence-electron chi connectivity index (χ4n) is 2.47. The summed E-state index contributed by atoms with van der Waals surface area (Å²) in [6.07, 6.45) is 1.02. The molecular weight excluding hydrogens is 250 g/mol. The summed E-state index contributed by atoms with van der Waals surface area (Å²) in [6, 6.07) is 0.649. The average molecular weight is 275 g/mol. The van der Waals surface area contributed by atoms with Gasteiger partial charge in [-0.3, -0.25) is 9.36 Å². The predicted molar refractivity (Wildman–Crippen MR) is 71.2 cm³/mol. The summed E-state index contributed by atoms with van der Waals surface area (Å²) in [5.74, 6) is -0.185. The molecule has 1 rings (SSSR count). The number of nitrogens with zero attached hydrogens (tertiary/aromatic N) is 1. The van der Waals surface area contributed by atoms with Crippen LogP contribution >= 0.6 is 0 Å². The molecule has 1 fully saturated rings. The minimum Gasteiger partial charge on any atom is -0.465 e. The molecule has 0 bridgehead atoms. The first-order chi connectivity index (χ1) is 8.61. The Morgan fingerprint density at radius 3 is 2.33 bits per heavy atom. The highest BCUT2D eigenvalue weighted by Gasteiger charge is 2.52. The van der Waals surface area contributed by atoms with E-state index in [0.717, 1.165) is 19.0 Å². The van der Waals surface area contributed by atoms with Crippen LogP contribution in [0.2, 0.25) is 6.04 Å². The summed E-state index contributed by atoms with van der Waals surface area (Å²) >= 11 is 0. The van der Waals surface area contributed by atoms with Crippen LogP contribution in [0.5, 0.6) is 0 Å². The molecule has 1 unspecified atom stereocenters. The van der Waals surface area contributed by atoms with Crippen LogP contribution in [0.4, 0.5) is 0 Å². The second kappa shape index (κ2) is 7.23. The van der Waals surface area contributed by atoms with Crippen molar-refractivity contribution in [1.29, 1.82) is 0 Å². The van der Waals surface area contributed by atoms with Crippen molar-refractivity contribution in [2.24, 2.45) is 0 Å². The standard InChI is InChI=1S/C12H25NO4Si/c1-5-15-12(14)11(4)13-9-8-10-18(13,16-6-2)17-7-3/h11H,5-10H2,1-4H3. The van der Waals surface area contributed by atoms with Crippen molar-refractivity contribution < 1.29 is 18.4 Å². The van der Waals surface area contributed by atoms with Gasteiger partial charge in [0.25, 0.3) is 0 Å². The van der Waals surface area contributed by atoms with E-state index in [9.17, 15) is 4.79 Å². The van der Waals surface area contributed by atoms with Gasteiger partial charge in [0.15, 0.2) is 0 Å². The molecule has 0 radical (unpaired) electrons. The molecular formula is C12H25NO4Si. The van der Waals surface area contributed by atoms with Crippen LogP contribution in [0.15, 0.2) is 0 Å². The lowest BCUT2D eigenvalue weighted by molar-refractivity contribution is -0.147. The molecule has 0 aliphatic carbocycles. The summed E-state index contributed by atoms with van der Waals surface area (Å²) in [7, 11) is -2.38.